The fourth-order valence-corrected chi connectivity index (χ4v) is 1.13. The van der Waals surface area contributed by atoms with E-state index in [4.69, 9.17) is 5.73 Å². The number of pyridine rings is 1. The molecule has 3 heteroatoms. The van der Waals surface area contributed by atoms with Crippen molar-refractivity contribution >= 4 is 18.1 Å². The fourth-order valence-electron chi connectivity index (χ4n) is 1.13. The number of nitrogens with two attached hydrogens (primary N) is 1. The van der Waals surface area contributed by atoms with Crippen LogP contribution in [-0.4, -0.2) is 10.9 Å². The van der Waals surface area contributed by atoms with E-state index in [2.05, 4.69) is 11.6 Å². The van der Waals surface area contributed by atoms with Gasteiger partial charge in [0, 0.05) is 11.4 Å². The molecule has 0 unspecified atom stereocenters. The van der Waals surface area contributed by atoms with Crippen LogP contribution in [0.2, 0.25) is 0 Å². The van der Waals surface area contributed by atoms with Gasteiger partial charge < -0.3 is 5.73 Å². The lowest BCUT2D eigenvalue weighted by atomic mass is 10.2. The Bertz CT molecular complexity index is 475. The van der Waals surface area contributed by atoms with Crippen LogP contribution in [0.5, 0.6) is 0 Å². The number of primary amides is 1. The van der Waals surface area contributed by atoms with Gasteiger partial charge in [0.1, 0.15) is 0 Å². The van der Waals surface area contributed by atoms with Crippen LogP contribution in [0.1, 0.15) is 31.1 Å². The van der Waals surface area contributed by atoms with Gasteiger partial charge in [-0.1, -0.05) is 38.7 Å². The minimum Gasteiger partial charge on any atom is -0.366 e. The van der Waals surface area contributed by atoms with E-state index in [0.717, 1.165) is 10.6 Å². The Kier molecular flexibility index (Phi) is 6.52. The predicted molar refractivity (Wildman–Crippen MR) is 68.2 cm³/mol. The molecule has 0 aromatic carbocycles. The van der Waals surface area contributed by atoms with E-state index >= 15 is 0 Å². The lowest BCUT2D eigenvalue weighted by Gasteiger charge is -1.94. The van der Waals surface area contributed by atoms with E-state index in [1.807, 2.05) is 26.8 Å². The molecule has 0 bridgehead atoms. The first-order chi connectivity index (χ1) is 7.69. The van der Waals surface area contributed by atoms with Gasteiger partial charge in [0.25, 0.3) is 0 Å². The van der Waals surface area contributed by atoms with Gasteiger partial charge >= 0.3 is 0 Å². The largest absolute Gasteiger partial charge is 0.366 e. The molecule has 16 heavy (non-hydrogen) atoms. The Balaban J connectivity index is 0.00000106. The summed E-state index contributed by atoms with van der Waals surface area (Å²) in [5.74, 6) is -0.473. The Morgan fingerprint density at radius 3 is 2.56 bits per heavy atom. The molecule has 0 fully saturated rings. The van der Waals surface area contributed by atoms with E-state index in [1.165, 1.54) is 6.20 Å². The second kappa shape index (κ2) is 7.40. The second-order valence-electron chi connectivity index (χ2n) is 2.75. The molecule has 0 radical (unpaired) electrons. The minimum absolute atomic E-state index is 0.406. The fraction of sp³-hybridized carbons (Fsp3) is 0.231. The summed E-state index contributed by atoms with van der Waals surface area (Å²) in [6, 6.07) is 1.70. The van der Waals surface area contributed by atoms with Crippen molar-refractivity contribution in [1.29, 1.82) is 0 Å². The first kappa shape index (κ1) is 14.1. The van der Waals surface area contributed by atoms with Gasteiger partial charge in [0.05, 0.1) is 10.9 Å². The average molecular weight is 218 g/mol. The molecule has 0 atom stereocenters. The first-order valence-electron chi connectivity index (χ1n) is 5.24. The molecule has 0 aliphatic rings. The number of hydrogen-bond donors (Lipinski definition) is 1. The molecule has 0 spiro atoms. The van der Waals surface area contributed by atoms with Gasteiger partial charge in [0.15, 0.2) is 0 Å². The zero-order valence-electron chi connectivity index (χ0n) is 10.0. The average Bonchev–Trinajstić information content (AvgIpc) is 2.32. The monoisotopic (exact) mass is 218 g/mol. The van der Waals surface area contributed by atoms with E-state index < -0.39 is 5.91 Å². The van der Waals surface area contributed by atoms with Crippen LogP contribution in [0.4, 0.5) is 0 Å². The molecule has 0 saturated carbocycles. The molecule has 0 saturated heterocycles. The molecule has 0 aliphatic heterocycles. The predicted octanol–water partition coefficient (Wildman–Crippen LogP) is 0.974. The maximum absolute atomic E-state index is 10.9. The van der Waals surface area contributed by atoms with E-state index in [-0.39, 0.29) is 0 Å². The van der Waals surface area contributed by atoms with Crippen molar-refractivity contribution < 1.29 is 4.79 Å². The van der Waals surface area contributed by atoms with Gasteiger partial charge in [0.2, 0.25) is 5.91 Å². The third kappa shape index (κ3) is 3.69. The maximum atomic E-state index is 10.9. The van der Waals surface area contributed by atoms with E-state index in [1.54, 1.807) is 18.2 Å². The molecule has 1 aromatic rings. The van der Waals surface area contributed by atoms with Gasteiger partial charge in [-0.15, -0.1) is 0 Å². The Labute approximate surface area is 96.0 Å². The standard InChI is InChI=1S/C11H12N2O.C2H6/c1-3-5-8-6-9(11(12)14)7-13-10(8)4-2;1-2/h3-7H,1H2,2H3,(H2,12,14);1-2H3/b8-5-,10-4+;. The SMILES string of the molecule is C=C/C=c1/cc(C(N)=O)cn/c1=C/C.CC. The Hall–Kier alpha value is -1.90. The van der Waals surface area contributed by atoms with Crippen LogP contribution < -0.4 is 16.3 Å². The van der Waals surface area contributed by atoms with Crippen LogP contribution in [0.15, 0.2) is 24.9 Å². The van der Waals surface area contributed by atoms with Crippen LogP contribution in [0.25, 0.3) is 12.2 Å². The van der Waals surface area contributed by atoms with Gasteiger partial charge in [-0.25, -0.2) is 0 Å². The number of nitrogens with zero attached hydrogens (tertiary/aromatic N) is 1. The highest BCUT2D eigenvalue weighted by Gasteiger charge is 1.99. The summed E-state index contributed by atoms with van der Waals surface area (Å²) in [6.07, 6.45) is 6.77. The van der Waals surface area contributed by atoms with Crippen molar-refractivity contribution in [1.82, 2.24) is 4.98 Å². The topological polar surface area (TPSA) is 56.0 Å². The zero-order valence-corrected chi connectivity index (χ0v) is 10.0. The number of amides is 1. The zero-order chi connectivity index (χ0) is 12.6. The molecule has 3 nitrogen and oxygen atoms in total. The van der Waals surface area contributed by atoms with Gasteiger partial charge in [-0.05, 0) is 13.0 Å². The van der Waals surface area contributed by atoms with Gasteiger partial charge in [-0.2, -0.15) is 0 Å². The lowest BCUT2D eigenvalue weighted by Crippen LogP contribution is -2.29. The molecule has 1 aromatic heterocycles. The quantitative estimate of drug-likeness (QED) is 0.804. The molecular formula is C13H18N2O. The van der Waals surface area contributed by atoms with Crippen molar-refractivity contribution in [3.63, 3.8) is 0 Å². The number of carbonyl (C=O) groups is 1. The minimum atomic E-state index is -0.473. The normalized spacial score (nSPS) is 11.7. The number of aromatic nitrogens is 1. The summed E-state index contributed by atoms with van der Waals surface area (Å²) in [5.41, 5.74) is 5.55. The molecule has 1 heterocycles. The van der Waals surface area contributed by atoms with E-state index in [0.29, 0.717) is 5.56 Å². The van der Waals surface area contributed by atoms with Crippen LogP contribution in [0.3, 0.4) is 0 Å². The Morgan fingerprint density at radius 1 is 1.50 bits per heavy atom. The number of carbonyl (C=O) groups excluding carboxylic acids is 1. The van der Waals surface area contributed by atoms with Crippen molar-refractivity contribution in [2.24, 2.45) is 5.73 Å². The van der Waals surface area contributed by atoms with E-state index in [9.17, 15) is 4.79 Å². The Morgan fingerprint density at radius 2 is 2.12 bits per heavy atom. The number of hydrogen-bond acceptors (Lipinski definition) is 2. The van der Waals surface area contributed by atoms with Crippen molar-refractivity contribution in [2.45, 2.75) is 20.8 Å². The summed E-state index contributed by atoms with van der Waals surface area (Å²) in [4.78, 5) is 15.0. The maximum Gasteiger partial charge on any atom is 0.250 e. The van der Waals surface area contributed by atoms with Crippen LogP contribution >= 0.6 is 0 Å². The molecule has 1 rings (SSSR count). The summed E-state index contributed by atoms with van der Waals surface area (Å²) in [5, 5.41) is 1.66. The lowest BCUT2D eigenvalue weighted by molar-refractivity contribution is 0.1000. The van der Waals surface area contributed by atoms with Crippen molar-refractivity contribution in [2.75, 3.05) is 0 Å². The second-order valence-corrected chi connectivity index (χ2v) is 2.75. The van der Waals surface area contributed by atoms with Crippen LogP contribution in [0, 0.1) is 0 Å². The number of rotatable bonds is 2. The molecule has 1 amide bonds. The number of allylic oxidation sites excluding steroid dienone is 1. The molecular weight excluding hydrogens is 200 g/mol. The summed E-state index contributed by atoms with van der Waals surface area (Å²) in [7, 11) is 0. The highest BCUT2D eigenvalue weighted by Crippen LogP contribution is 1.86. The van der Waals surface area contributed by atoms with Crippen molar-refractivity contribution in [3.05, 3.63) is 41.0 Å². The summed E-state index contributed by atoms with van der Waals surface area (Å²) >= 11 is 0. The van der Waals surface area contributed by atoms with Crippen LogP contribution in [-0.2, 0) is 0 Å². The third-order valence-corrected chi connectivity index (χ3v) is 1.80. The molecule has 0 aliphatic carbocycles. The molecule has 2 N–H and O–H groups in total. The first-order valence-corrected chi connectivity index (χ1v) is 5.24. The van der Waals surface area contributed by atoms with Crippen molar-refractivity contribution in [3.8, 4) is 0 Å². The highest BCUT2D eigenvalue weighted by atomic mass is 16.1. The smallest absolute Gasteiger partial charge is 0.250 e. The highest BCUT2D eigenvalue weighted by molar-refractivity contribution is 5.92. The molecule has 86 valence electrons. The summed E-state index contributed by atoms with van der Waals surface area (Å²) in [6.45, 7) is 9.47. The summed E-state index contributed by atoms with van der Waals surface area (Å²) < 4.78 is 0. The third-order valence-electron chi connectivity index (χ3n) is 1.80. The van der Waals surface area contributed by atoms with Gasteiger partial charge in [-0.3, -0.25) is 9.78 Å².